The van der Waals surface area contributed by atoms with Crippen molar-refractivity contribution in [2.75, 3.05) is 20.0 Å². The molecule has 0 spiro atoms. The van der Waals surface area contributed by atoms with Gasteiger partial charge in [-0.1, -0.05) is 24.8 Å². The minimum absolute atomic E-state index is 0.274. The largest absolute Gasteiger partial charge is 0.549 e. The van der Waals surface area contributed by atoms with Crippen molar-refractivity contribution < 1.29 is 19.4 Å². The van der Waals surface area contributed by atoms with E-state index in [-0.39, 0.29) is 11.0 Å². The molecule has 1 aliphatic carbocycles. The molecular formula is C23H25N4O4S-. The standard InChI is InChI=1S/C23H26N4O4S/c1-4-17(22(28)29)32-23-26-20(24)19-18(12-9-10-15(30-2)16(11-12)31-3)13-7-5-6-8-14(13)25-21(19)27-23/h9-11,17H,4-8H2,1-3H3,(H,28,29)(H2,24,25,26,27)/p-1. The molecule has 0 fully saturated rings. The third-order valence-electron chi connectivity index (χ3n) is 5.68. The quantitative estimate of drug-likeness (QED) is 0.425. The van der Waals surface area contributed by atoms with Gasteiger partial charge in [-0.25, -0.2) is 15.0 Å². The van der Waals surface area contributed by atoms with Gasteiger partial charge in [-0.05, 0) is 55.4 Å². The van der Waals surface area contributed by atoms with Crippen LogP contribution in [-0.4, -0.2) is 40.4 Å². The van der Waals surface area contributed by atoms with Gasteiger partial charge in [-0.2, -0.15) is 0 Å². The van der Waals surface area contributed by atoms with Crippen LogP contribution >= 0.6 is 11.8 Å². The van der Waals surface area contributed by atoms with E-state index >= 15 is 0 Å². The number of thioether (sulfide) groups is 1. The van der Waals surface area contributed by atoms with Gasteiger partial charge in [0.05, 0.1) is 30.8 Å². The molecule has 9 heteroatoms. The lowest BCUT2D eigenvalue weighted by atomic mass is 9.87. The van der Waals surface area contributed by atoms with Crippen LogP contribution in [0, 0.1) is 0 Å². The molecule has 0 radical (unpaired) electrons. The van der Waals surface area contributed by atoms with Gasteiger partial charge in [0.25, 0.3) is 0 Å². The van der Waals surface area contributed by atoms with Crippen LogP contribution in [-0.2, 0) is 17.6 Å². The molecule has 2 N–H and O–H groups in total. The summed E-state index contributed by atoms with van der Waals surface area (Å²) in [5, 5.41) is 11.6. The highest BCUT2D eigenvalue weighted by Gasteiger charge is 2.24. The average Bonchev–Trinajstić information content (AvgIpc) is 2.80. The summed E-state index contributed by atoms with van der Waals surface area (Å²) in [6.45, 7) is 1.78. The van der Waals surface area contributed by atoms with Gasteiger partial charge in [0.2, 0.25) is 0 Å². The molecule has 3 aromatic rings. The summed E-state index contributed by atoms with van der Waals surface area (Å²) < 4.78 is 10.9. The Morgan fingerprint density at radius 1 is 1.16 bits per heavy atom. The maximum absolute atomic E-state index is 11.4. The number of hydrogen-bond acceptors (Lipinski definition) is 9. The van der Waals surface area contributed by atoms with E-state index < -0.39 is 11.2 Å². The van der Waals surface area contributed by atoms with Crippen LogP contribution in [0.15, 0.2) is 23.4 Å². The summed E-state index contributed by atoms with van der Waals surface area (Å²) in [6.07, 6.45) is 4.26. The number of carboxylic acids is 1. The van der Waals surface area contributed by atoms with Gasteiger partial charge in [0, 0.05) is 11.3 Å². The third kappa shape index (κ3) is 4.04. The summed E-state index contributed by atoms with van der Waals surface area (Å²) in [5.74, 6) is 0.380. The number of hydrogen-bond donors (Lipinski definition) is 1. The number of aromatic nitrogens is 3. The Hall–Kier alpha value is -3.07. The smallest absolute Gasteiger partial charge is 0.192 e. The predicted molar refractivity (Wildman–Crippen MR) is 122 cm³/mol. The molecule has 2 aromatic heterocycles. The van der Waals surface area contributed by atoms with Gasteiger partial charge < -0.3 is 25.1 Å². The molecule has 1 aliphatic rings. The number of anilines is 1. The molecule has 168 valence electrons. The number of pyridine rings is 1. The fourth-order valence-electron chi connectivity index (χ4n) is 4.11. The Kier molecular flexibility index (Phi) is 6.36. The number of nitrogens with zero attached hydrogens (tertiary/aromatic N) is 3. The first-order valence-electron chi connectivity index (χ1n) is 10.6. The summed E-state index contributed by atoms with van der Waals surface area (Å²) >= 11 is 1.04. The van der Waals surface area contributed by atoms with Crippen LogP contribution in [0.1, 0.15) is 37.4 Å². The molecule has 1 unspecified atom stereocenters. The highest BCUT2D eigenvalue weighted by atomic mass is 32.2. The van der Waals surface area contributed by atoms with Crippen molar-refractivity contribution in [3.63, 3.8) is 0 Å². The number of rotatable bonds is 7. The molecule has 0 bridgehead atoms. The number of nitrogens with two attached hydrogens (primary N) is 1. The van der Waals surface area contributed by atoms with Crippen LogP contribution in [0.4, 0.5) is 5.82 Å². The molecule has 1 atom stereocenters. The van der Waals surface area contributed by atoms with Gasteiger partial charge >= 0.3 is 0 Å². The molecule has 0 amide bonds. The topological polar surface area (TPSA) is 123 Å². The number of benzene rings is 1. The van der Waals surface area contributed by atoms with Gasteiger partial charge in [0.15, 0.2) is 22.3 Å². The predicted octanol–water partition coefficient (Wildman–Crippen LogP) is 2.79. The van der Waals surface area contributed by atoms with E-state index in [9.17, 15) is 9.90 Å². The lowest BCUT2D eigenvalue weighted by Gasteiger charge is -2.22. The summed E-state index contributed by atoms with van der Waals surface area (Å²) in [5.41, 5.74) is 10.9. The van der Waals surface area contributed by atoms with Crippen molar-refractivity contribution in [2.45, 2.75) is 49.4 Å². The second-order valence-electron chi connectivity index (χ2n) is 7.61. The zero-order valence-corrected chi connectivity index (χ0v) is 19.1. The maximum Gasteiger partial charge on any atom is 0.192 e. The van der Waals surface area contributed by atoms with Crippen LogP contribution in [0.2, 0.25) is 0 Å². The summed E-state index contributed by atoms with van der Waals surface area (Å²) in [6, 6.07) is 5.76. The zero-order chi connectivity index (χ0) is 22.8. The minimum Gasteiger partial charge on any atom is -0.549 e. The molecule has 8 nitrogen and oxygen atoms in total. The first kappa shape index (κ1) is 22.1. The second-order valence-corrected chi connectivity index (χ2v) is 8.78. The molecule has 0 saturated carbocycles. The van der Waals surface area contributed by atoms with Crippen molar-refractivity contribution in [2.24, 2.45) is 0 Å². The van der Waals surface area contributed by atoms with Gasteiger partial charge in [-0.15, -0.1) is 0 Å². The van der Waals surface area contributed by atoms with Crippen molar-refractivity contribution in [1.82, 2.24) is 15.0 Å². The Labute approximate surface area is 190 Å². The van der Waals surface area contributed by atoms with Crippen LogP contribution in [0.5, 0.6) is 11.5 Å². The minimum atomic E-state index is -1.15. The highest BCUT2D eigenvalue weighted by molar-refractivity contribution is 8.00. The van der Waals surface area contributed by atoms with Gasteiger partial charge in [-0.3, -0.25) is 0 Å². The number of carbonyl (C=O) groups is 1. The highest BCUT2D eigenvalue weighted by Crippen LogP contribution is 2.41. The number of ether oxygens (including phenoxy) is 2. The van der Waals surface area contributed by atoms with Crippen molar-refractivity contribution in [3.05, 3.63) is 29.5 Å². The molecular weight excluding hydrogens is 428 g/mol. The Bertz CT molecular complexity index is 1180. The number of nitrogen functional groups attached to an aromatic ring is 1. The first-order valence-corrected chi connectivity index (χ1v) is 11.4. The van der Waals surface area contributed by atoms with E-state index in [4.69, 9.17) is 20.2 Å². The number of aliphatic carboxylic acids is 1. The SMILES string of the molecule is CCC(Sc1nc(N)c2c(-c3ccc(OC)c(OC)c3)c3c(nc2n1)CCCC3)C(=O)[O-]. The van der Waals surface area contributed by atoms with Gasteiger partial charge in [0.1, 0.15) is 5.82 Å². The number of methoxy groups -OCH3 is 2. The number of carboxylic acid groups (broad SMARTS) is 1. The molecule has 32 heavy (non-hydrogen) atoms. The first-order chi connectivity index (χ1) is 15.5. The van der Waals surface area contributed by atoms with Crippen molar-refractivity contribution >= 4 is 34.6 Å². The fourth-order valence-corrected chi connectivity index (χ4v) is 4.92. The van der Waals surface area contributed by atoms with Crippen molar-refractivity contribution in [1.29, 1.82) is 0 Å². The van der Waals surface area contributed by atoms with E-state index in [1.165, 1.54) is 0 Å². The molecule has 2 heterocycles. The Morgan fingerprint density at radius 3 is 2.59 bits per heavy atom. The lowest BCUT2D eigenvalue weighted by molar-refractivity contribution is -0.304. The monoisotopic (exact) mass is 453 g/mol. The lowest BCUT2D eigenvalue weighted by Crippen LogP contribution is -2.33. The van der Waals surface area contributed by atoms with Crippen LogP contribution < -0.4 is 20.3 Å². The van der Waals surface area contributed by atoms with Crippen LogP contribution in [0.3, 0.4) is 0 Å². The van der Waals surface area contributed by atoms with E-state index in [2.05, 4.69) is 9.97 Å². The number of carbonyl (C=O) groups excluding carboxylic acids is 1. The third-order valence-corrected chi connectivity index (χ3v) is 6.89. The molecule has 0 aliphatic heterocycles. The molecule has 4 rings (SSSR count). The maximum atomic E-state index is 11.4. The molecule has 0 saturated heterocycles. The Balaban J connectivity index is 1.94. The van der Waals surface area contributed by atoms with E-state index in [1.54, 1.807) is 21.1 Å². The summed E-state index contributed by atoms with van der Waals surface area (Å²) in [4.78, 5) is 25.2. The number of aryl methyl sites for hydroxylation is 1. The fraction of sp³-hybridized carbons (Fsp3) is 0.391. The second kappa shape index (κ2) is 9.20. The van der Waals surface area contributed by atoms with Crippen molar-refractivity contribution in [3.8, 4) is 22.6 Å². The average molecular weight is 454 g/mol. The Morgan fingerprint density at radius 2 is 1.91 bits per heavy atom. The normalized spacial score (nSPS) is 14.1. The zero-order valence-electron chi connectivity index (χ0n) is 18.3. The number of fused-ring (bicyclic) bond motifs is 2. The van der Waals surface area contributed by atoms with E-state index in [0.717, 1.165) is 59.8 Å². The van der Waals surface area contributed by atoms with Crippen LogP contribution in [0.25, 0.3) is 22.2 Å². The summed E-state index contributed by atoms with van der Waals surface area (Å²) in [7, 11) is 3.20. The van der Waals surface area contributed by atoms with E-state index in [1.807, 2.05) is 18.2 Å². The molecule has 1 aromatic carbocycles. The van der Waals surface area contributed by atoms with E-state index in [0.29, 0.717) is 29.0 Å².